The first-order chi connectivity index (χ1) is 14.7. The number of para-hydroxylation sites is 1. The van der Waals surface area contributed by atoms with Crippen LogP contribution in [0.3, 0.4) is 0 Å². The molecule has 0 saturated heterocycles. The summed E-state index contributed by atoms with van der Waals surface area (Å²) in [6, 6.07) is 14.7. The van der Waals surface area contributed by atoms with Crippen molar-refractivity contribution in [2.45, 2.75) is 39.2 Å². The summed E-state index contributed by atoms with van der Waals surface area (Å²) in [6.07, 6.45) is 3.37. The number of H-pyrrole nitrogens is 1. The number of phenolic OH excluding ortho intramolecular Hbond substituents is 1. The Kier molecular flexibility index (Phi) is 5.74. The maximum Gasteiger partial charge on any atom is 0.273 e. The van der Waals surface area contributed by atoms with Crippen molar-refractivity contribution in [3.05, 3.63) is 65.4 Å². The molecule has 1 atom stereocenters. The molecule has 2 aromatic carbocycles. The molecule has 1 aliphatic rings. The van der Waals surface area contributed by atoms with Crippen molar-refractivity contribution in [3.8, 4) is 22.8 Å². The Balaban J connectivity index is 1.68. The monoisotopic (exact) mass is 405 g/mol. The van der Waals surface area contributed by atoms with Gasteiger partial charge in [-0.3, -0.25) is 9.89 Å². The zero-order valence-electron chi connectivity index (χ0n) is 17.4. The molecule has 0 bridgehead atoms. The van der Waals surface area contributed by atoms with Gasteiger partial charge in [0.1, 0.15) is 22.9 Å². The van der Waals surface area contributed by atoms with Crippen LogP contribution in [0.15, 0.2) is 48.5 Å². The first-order valence-electron chi connectivity index (χ1n) is 10.6. The Labute approximate surface area is 176 Å². The van der Waals surface area contributed by atoms with E-state index in [-0.39, 0.29) is 17.7 Å². The van der Waals surface area contributed by atoms with Gasteiger partial charge in [-0.05, 0) is 43.2 Å². The Bertz CT molecular complexity index is 1030. The van der Waals surface area contributed by atoms with Crippen molar-refractivity contribution in [2.24, 2.45) is 0 Å². The number of hydrogen-bond acceptors (Lipinski definition) is 4. The number of aromatic hydroxyl groups is 1. The zero-order valence-corrected chi connectivity index (χ0v) is 17.4. The van der Waals surface area contributed by atoms with Gasteiger partial charge in [0, 0.05) is 17.7 Å². The molecule has 0 fully saturated rings. The lowest BCUT2D eigenvalue weighted by Gasteiger charge is -2.25. The minimum Gasteiger partial charge on any atom is -0.507 e. The van der Waals surface area contributed by atoms with E-state index in [2.05, 4.69) is 17.1 Å². The van der Waals surface area contributed by atoms with Gasteiger partial charge >= 0.3 is 0 Å². The van der Waals surface area contributed by atoms with Crippen LogP contribution in [0.1, 0.15) is 60.8 Å². The number of aromatic nitrogens is 2. The molecule has 2 N–H and O–H groups in total. The van der Waals surface area contributed by atoms with Gasteiger partial charge in [-0.1, -0.05) is 44.0 Å². The lowest BCUT2D eigenvalue weighted by molar-refractivity contribution is 0.0754. The number of aromatic amines is 1. The molecule has 30 heavy (non-hydrogen) atoms. The lowest BCUT2D eigenvalue weighted by atomic mass is 9.95. The molecular weight excluding hydrogens is 378 g/mol. The topological polar surface area (TPSA) is 78.5 Å². The normalized spacial score (nSPS) is 15.5. The fourth-order valence-corrected chi connectivity index (χ4v) is 4.04. The number of ether oxygens (including phenoxy) is 1. The number of fused-ring (bicyclic) bond motifs is 1. The number of rotatable bonds is 8. The van der Waals surface area contributed by atoms with E-state index in [4.69, 9.17) is 4.74 Å². The van der Waals surface area contributed by atoms with Crippen LogP contribution in [0.4, 0.5) is 0 Å². The fourth-order valence-electron chi connectivity index (χ4n) is 4.04. The van der Waals surface area contributed by atoms with Crippen LogP contribution >= 0.6 is 0 Å². The number of nitrogens with zero attached hydrogens (tertiary/aromatic N) is 2. The fraction of sp³-hybridized carbons (Fsp3) is 0.333. The molecule has 156 valence electrons. The van der Waals surface area contributed by atoms with E-state index in [1.807, 2.05) is 48.2 Å². The molecule has 0 radical (unpaired) electrons. The first-order valence-corrected chi connectivity index (χ1v) is 10.6. The Morgan fingerprint density at radius 1 is 1.10 bits per heavy atom. The first kappa shape index (κ1) is 20.0. The molecule has 6 nitrogen and oxygen atoms in total. The quantitative estimate of drug-likeness (QED) is 0.522. The second kappa shape index (κ2) is 8.61. The number of carbonyl (C=O) groups is 1. The van der Waals surface area contributed by atoms with Crippen LogP contribution in [-0.4, -0.2) is 39.3 Å². The molecule has 1 aliphatic heterocycles. The van der Waals surface area contributed by atoms with Crippen LogP contribution in [0.25, 0.3) is 11.3 Å². The minimum absolute atomic E-state index is 0.0773. The van der Waals surface area contributed by atoms with Gasteiger partial charge in [-0.25, -0.2) is 0 Å². The highest BCUT2D eigenvalue weighted by molar-refractivity contribution is 6.00. The maximum atomic E-state index is 13.0. The molecule has 0 spiro atoms. The summed E-state index contributed by atoms with van der Waals surface area (Å²) < 4.78 is 5.83. The van der Waals surface area contributed by atoms with Crippen molar-refractivity contribution in [2.75, 3.05) is 13.2 Å². The third-order valence-electron chi connectivity index (χ3n) is 5.58. The number of carbonyl (C=O) groups excluding carboxylic acids is 1. The highest BCUT2D eigenvalue weighted by Gasteiger charge is 2.41. The second-order valence-electron chi connectivity index (χ2n) is 7.50. The van der Waals surface area contributed by atoms with Gasteiger partial charge in [-0.2, -0.15) is 5.10 Å². The summed E-state index contributed by atoms with van der Waals surface area (Å²) in [5.74, 6) is 0.894. The molecule has 3 aromatic rings. The summed E-state index contributed by atoms with van der Waals surface area (Å²) in [6.45, 7) is 5.42. The molecule has 0 unspecified atom stereocenters. The number of amides is 1. The summed E-state index contributed by atoms with van der Waals surface area (Å²) in [7, 11) is 0. The number of phenols is 1. The minimum atomic E-state index is -0.264. The van der Waals surface area contributed by atoms with Crippen molar-refractivity contribution in [1.29, 1.82) is 0 Å². The molecule has 2 heterocycles. The van der Waals surface area contributed by atoms with Gasteiger partial charge in [0.15, 0.2) is 0 Å². The van der Waals surface area contributed by atoms with E-state index in [0.29, 0.717) is 30.1 Å². The SMILES string of the molecule is CCCCCOc1ccc([C@@H]2c3c(-c4ccccc4O)n[nH]c3C(=O)N2CC)cc1. The van der Waals surface area contributed by atoms with E-state index in [1.165, 1.54) is 0 Å². The summed E-state index contributed by atoms with van der Waals surface area (Å²) in [5, 5.41) is 17.6. The third-order valence-corrected chi connectivity index (χ3v) is 5.58. The van der Waals surface area contributed by atoms with E-state index in [1.54, 1.807) is 12.1 Å². The summed E-state index contributed by atoms with van der Waals surface area (Å²) in [4.78, 5) is 14.8. The third kappa shape index (κ3) is 3.54. The second-order valence-corrected chi connectivity index (χ2v) is 7.50. The molecule has 1 aromatic heterocycles. The standard InChI is InChI=1S/C24H27N3O3/c1-3-5-8-15-30-17-13-11-16(12-14-17)23-20-21(18-9-6-7-10-19(18)28)25-26-22(20)24(29)27(23)4-2/h6-7,9-14,23,28H,3-5,8,15H2,1-2H3,(H,25,26)/t23-/m1/s1. The highest BCUT2D eigenvalue weighted by Crippen LogP contribution is 2.44. The van der Waals surface area contributed by atoms with Gasteiger partial charge in [-0.15, -0.1) is 0 Å². The summed E-state index contributed by atoms with van der Waals surface area (Å²) >= 11 is 0. The average Bonchev–Trinajstić information content (AvgIpc) is 3.31. The van der Waals surface area contributed by atoms with Crippen LogP contribution < -0.4 is 4.74 Å². The van der Waals surface area contributed by atoms with E-state index < -0.39 is 0 Å². The van der Waals surface area contributed by atoms with Gasteiger partial charge in [0.25, 0.3) is 5.91 Å². The number of benzene rings is 2. The molecule has 0 aliphatic carbocycles. The number of hydrogen-bond donors (Lipinski definition) is 2. The maximum absolute atomic E-state index is 13.0. The zero-order chi connectivity index (χ0) is 21.1. The smallest absolute Gasteiger partial charge is 0.273 e. The van der Waals surface area contributed by atoms with Crippen LogP contribution in [-0.2, 0) is 0 Å². The molecule has 1 amide bonds. The van der Waals surface area contributed by atoms with Crippen LogP contribution in [0, 0.1) is 0 Å². The predicted octanol–water partition coefficient (Wildman–Crippen LogP) is 4.92. The Hall–Kier alpha value is -3.28. The van der Waals surface area contributed by atoms with Crippen molar-refractivity contribution in [3.63, 3.8) is 0 Å². The van der Waals surface area contributed by atoms with Crippen LogP contribution in [0.2, 0.25) is 0 Å². The van der Waals surface area contributed by atoms with E-state index in [0.717, 1.165) is 36.1 Å². The molecule has 6 heteroatoms. The van der Waals surface area contributed by atoms with Crippen molar-refractivity contribution in [1.82, 2.24) is 15.1 Å². The molecule has 4 rings (SSSR count). The largest absolute Gasteiger partial charge is 0.507 e. The van der Waals surface area contributed by atoms with Crippen molar-refractivity contribution >= 4 is 5.91 Å². The average molecular weight is 405 g/mol. The number of nitrogens with one attached hydrogen (secondary N) is 1. The van der Waals surface area contributed by atoms with Crippen molar-refractivity contribution < 1.29 is 14.6 Å². The lowest BCUT2D eigenvalue weighted by Crippen LogP contribution is -2.29. The van der Waals surface area contributed by atoms with Crippen LogP contribution in [0.5, 0.6) is 11.5 Å². The predicted molar refractivity (Wildman–Crippen MR) is 116 cm³/mol. The van der Waals surface area contributed by atoms with E-state index >= 15 is 0 Å². The van der Waals surface area contributed by atoms with Gasteiger partial charge in [0.2, 0.25) is 0 Å². The highest BCUT2D eigenvalue weighted by atomic mass is 16.5. The Morgan fingerprint density at radius 3 is 2.57 bits per heavy atom. The Morgan fingerprint density at radius 2 is 1.87 bits per heavy atom. The molecular formula is C24H27N3O3. The van der Waals surface area contributed by atoms with Gasteiger partial charge in [0.05, 0.1) is 12.6 Å². The number of unbranched alkanes of at least 4 members (excludes halogenated alkanes) is 2. The van der Waals surface area contributed by atoms with E-state index in [9.17, 15) is 9.90 Å². The summed E-state index contributed by atoms with van der Waals surface area (Å²) in [5.41, 5.74) is 3.50. The molecule has 0 saturated carbocycles. The van der Waals surface area contributed by atoms with Gasteiger partial charge < -0.3 is 14.7 Å².